The lowest BCUT2D eigenvalue weighted by molar-refractivity contribution is -0.141. The van der Waals surface area contributed by atoms with Crippen molar-refractivity contribution in [2.45, 2.75) is 85.5 Å². The lowest BCUT2D eigenvalue weighted by Crippen LogP contribution is -2.61. The van der Waals surface area contributed by atoms with Crippen LogP contribution in [0.1, 0.15) is 66.5 Å². The van der Waals surface area contributed by atoms with Crippen LogP contribution < -0.4 is 15.4 Å². The van der Waals surface area contributed by atoms with E-state index in [9.17, 15) is 19.5 Å². The van der Waals surface area contributed by atoms with Gasteiger partial charge in [-0.05, 0) is 36.9 Å². The Labute approximate surface area is 251 Å². The van der Waals surface area contributed by atoms with Crippen LogP contribution in [0.5, 0.6) is 5.75 Å². The van der Waals surface area contributed by atoms with Crippen molar-refractivity contribution in [3.63, 3.8) is 0 Å². The molecule has 3 atom stereocenters. The molecule has 2 aromatic carbocycles. The van der Waals surface area contributed by atoms with E-state index in [2.05, 4.69) is 10.6 Å². The Morgan fingerprint density at radius 2 is 1.52 bits per heavy atom. The third-order valence-electron chi connectivity index (χ3n) is 7.73. The van der Waals surface area contributed by atoms with Crippen molar-refractivity contribution in [1.82, 2.24) is 15.5 Å². The Balaban J connectivity index is 2.37. The summed E-state index contributed by atoms with van der Waals surface area (Å²) in [7, 11) is 3.39. The Bertz CT molecular complexity index is 1250. The van der Waals surface area contributed by atoms with Gasteiger partial charge in [-0.15, -0.1) is 0 Å². The van der Waals surface area contributed by atoms with Crippen LogP contribution >= 0.6 is 0 Å². The molecule has 0 aromatic heterocycles. The van der Waals surface area contributed by atoms with E-state index in [1.165, 1.54) is 6.92 Å². The van der Waals surface area contributed by atoms with Crippen LogP contribution in [0.3, 0.4) is 0 Å². The SMILES string of the molecule is CN[C@H](C(=O)N[C@H](C(=O)N(C)[C@H](C=C(C)C(=O)O)C(C)C)C(C)(C)C)C(C)(C)c1ccccc1OCc1ccccc1. The minimum absolute atomic E-state index is 0.0408. The van der Waals surface area contributed by atoms with E-state index < -0.39 is 34.9 Å². The highest BCUT2D eigenvalue weighted by Crippen LogP contribution is 2.35. The molecule has 230 valence electrons. The Morgan fingerprint density at radius 3 is 2.05 bits per heavy atom. The number of carbonyl (C=O) groups is 3. The largest absolute Gasteiger partial charge is 0.489 e. The number of rotatable bonds is 13. The van der Waals surface area contributed by atoms with Crippen LogP contribution in [0, 0.1) is 11.3 Å². The summed E-state index contributed by atoms with van der Waals surface area (Å²) in [5, 5.41) is 15.6. The fourth-order valence-electron chi connectivity index (χ4n) is 5.14. The number of benzene rings is 2. The van der Waals surface area contributed by atoms with Crippen molar-refractivity contribution in [3.05, 3.63) is 77.4 Å². The van der Waals surface area contributed by atoms with Crippen LogP contribution in [-0.4, -0.2) is 60.0 Å². The standard InChI is InChI=1S/C34H49N3O5/c1-22(2)26(20-23(3)32(40)41)37(10)31(39)29(33(4,5)6)36-30(38)28(35-9)34(7,8)25-18-14-15-19-27(25)42-21-24-16-12-11-13-17-24/h11-20,22,26,28-29,35H,21H2,1-10H3,(H,36,38)(H,40,41)/t26-,28-,29-/m1/s1. The summed E-state index contributed by atoms with van der Waals surface area (Å²) in [4.78, 5) is 40.9. The van der Waals surface area contributed by atoms with Gasteiger partial charge in [0.15, 0.2) is 0 Å². The molecule has 0 unspecified atom stereocenters. The highest BCUT2D eigenvalue weighted by atomic mass is 16.5. The molecule has 0 fully saturated rings. The Morgan fingerprint density at radius 1 is 0.952 bits per heavy atom. The second-order valence-electron chi connectivity index (χ2n) is 12.9. The van der Waals surface area contributed by atoms with Crippen LogP contribution in [0.2, 0.25) is 0 Å². The average Bonchev–Trinajstić information content (AvgIpc) is 2.92. The smallest absolute Gasteiger partial charge is 0.331 e. The van der Waals surface area contributed by atoms with Gasteiger partial charge in [-0.2, -0.15) is 0 Å². The van der Waals surface area contributed by atoms with Gasteiger partial charge in [-0.1, -0.05) is 103 Å². The minimum Gasteiger partial charge on any atom is -0.489 e. The third-order valence-corrected chi connectivity index (χ3v) is 7.73. The van der Waals surface area contributed by atoms with Crippen molar-refractivity contribution in [2.75, 3.05) is 14.1 Å². The van der Waals surface area contributed by atoms with Crippen LogP contribution in [-0.2, 0) is 26.4 Å². The quantitative estimate of drug-likeness (QED) is 0.283. The maximum absolute atomic E-state index is 14.0. The van der Waals surface area contributed by atoms with Crippen molar-refractivity contribution in [2.24, 2.45) is 11.3 Å². The number of aliphatic carboxylic acids is 1. The molecule has 0 aliphatic rings. The summed E-state index contributed by atoms with van der Waals surface area (Å²) in [5.74, 6) is -0.998. The second kappa shape index (κ2) is 14.5. The maximum atomic E-state index is 14.0. The summed E-state index contributed by atoms with van der Waals surface area (Å²) in [6, 6.07) is 15.6. The van der Waals surface area contributed by atoms with Gasteiger partial charge in [-0.25, -0.2) is 4.79 Å². The predicted molar refractivity (Wildman–Crippen MR) is 167 cm³/mol. The molecule has 0 saturated heterocycles. The van der Waals surface area contributed by atoms with Gasteiger partial charge in [0.1, 0.15) is 18.4 Å². The number of carboxylic acids is 1. The fourth-order valence-corrected chi connectivity index (χ4v) is 5.14. The maximum Gasteiger partial charge on any atom is 0.331 e. The van der Waals surface area contributed by atoms with Gasteiger partial charge < -0.3 is 25.4 Å². The summed E-state index contributed by atoms with van der Waals surface area (Å²) >= 11 is 0. The first-order valence-electron chi connectivity index (χ1n) is 14.4. The van der Waals surface area contributed by atoms with Gasteiger partial charge in [0.2, 0.25) is 11.8 Å². The lowest BCUT2D eigenvalue weighted by atomic mass is 9.76. The first-order valence-corrected chi connectivity index (χ1v) is 14.4. The van der Waals surface area contributed by atoms with Gasteiger partial charge in [-0.3, -0.25) is 9.59 Å². The molecule has 0 aliphatic carbocycles. The molecule has 2 amide bonds. The first kappa shape index (κ1) is 34.6. The summed E-state index contributed by atoms with van der Waals surface area (Å²) in [5.41, 5.74) is 0.727. The molecule has 42 heavy (non-hydrogen) atoms. The normalized spacial score (nSPS) is 14.6. The number of hydrogen-bond acceptors (Lipinski definition) is 5. The van der Waals surface area contributed by atoms with E-state index in [0.717, 1.165) is 11.1 Å². The van der Waals surface area contributed by atoms with E-state index in [-0.39, 0.29) is 23.3 Å². The molecular weight excluding hydrogens is 530 g/mol. The van der Waals surface area contributed by atoms with E-state index in [1.807, 2.05) is 103 Å². The Kier molecular flexibility index (Phi) is 11.9. The fraction of sp³-hybridized carbons (Fsp3) is 0.500. The molecule has 0 bridgehead atoms. The summed E-state index contributed by atoms with van der Waals surface area (Å²) in [6.45, 7) is 15.4. The molecular formula is C34H49N3O5. The number of nitrogens with zero attached hydrogens (tertiary/aromatic N) is 1. The molecule has 0 saturated carbocycles. The zero-order valence-electron chi connectivity index (χ0n) is 26.8. The van der Waals surface area contributed by atoms with Crippen molar-refractivity contribution in [3.8, 4) is 5.75 Å². The van der Waals surface area contributed by atoms with Gasteiger partial charge in [0.05, 0.1) is 12.1 Å². The highest BCUT2D eigenvalue weighted by Gasteiger charge is 2.42. The van der Waals surface area contributed by atoms with E-state index >= 15 is 0 Å². The molecule has 8 nitrogen and oxygen atoms in total. The van der Waals surface area contributed by atoms with Gasteiger partial charge in [0, 0.05) is 23.6 Å². The number of ether oxygens (including phenoxy) is 1. The average molecular weight is 580 g/mol. The molecule has 2 rings (SSSR count). The number of nitrogens with one attached hydrogen (secondary N) is 2. The first-order chi connectivity index (χ1) is 19.5. The highest BCUT2D eigenvalue weighted by molar-refractivity contribution is 5.91. The molecule has 0 heterocycles. The van der Waals surface area contributed by atoms with Crippen molar-refractivity contribution >= 4 is 17.8 Å². The Hall–Kier alpha value is -3.65. The van der Waals surface area contributed by atoms with Crippen molar-refractivity contribution in [1.29, 1.82) is 0 Å². The zero-order chi connectivity index (χ0) is 31.8. The number of hydrogen-bond donors (Lipinski definition) is 3. The summed E-state index contributed by atoms with van der Waals surface area (Å²) in [6.07, 6.45) is 1.60. The molecule has 0 spiro atoms. The van der Waals surface area contributed by atoms with Crippen LogP contribution in [0.25, 0.3) is 0 Å². The molecule has 2 aromatic rings. The molecule has 0 aliphatic heterocycles. The predicted octanol–water partition coefficient (Wildman–Crippen LogP) is 5.18. The minimum atomic E-state index is -1.03. The van der Waals surface area contributed by atoms with Crippen LogP contribution in [0.4, 0.5) is 0 Å². The van der Waals surface area contributed by atoms with Gasteiger partial charge in [0.25, 0.3) is 0 Å². The number of carboxylic acid groups (broad SMARTS) is 1. The molecule has 0 radical (unpaired) electrons. The lowest BCUT2D eigenvalue weighted by Gasteiger charge is -2.40. The van der Waals surface area contributed by atoms with E-state index in [1.54, 1.807) is 25.1 Å². The second-order valence-corrected chi connectivity index (χ2v) is 12.9. The summed E-state index contributed by atoms with van der Waals surface area (Å²) < 4.78 is 6.22. The van der Waals surface area contributed by atoms with E-state index in [0.29, 0.717) is 12.4 Å². The number of carbonyl (C=O) groups excluding carboxylic acids is 2. The monoisotopic (exact) mass is 579 g/mol. The molecule has 3 N–H and O–H groups in total. The van der Waals surface area contributed by atoms with Crippen molar-refractivity contribution < 1.29 is 24.2 Å². The number of likely N-dealkylation sites (N-methyl/N-ethyl adjacent to an activating group) is 2. The zero-order valence-corrected chi connectivity index (χ0v) is 26.8. The topological polar surface area (TPSA) is 108 Å². The number of para-hydroxylation sites is 1. The van der Waals surface area contributed by atoms with Crippen LogP contribution in [0.15, 0.2) is 66.2 Å². The van der Waals surface area contributed by atoms with E-state index in [4.69, 9.17) is 4.74 Å². The van der Waals surface area contributed by atoms with Gasteiger partial charge >= 0.3 is 5.97 Å². The number of amides is 2. The third kappa shape index (κ3) is 8.68. The molecule has 8 heteroatoms.